The van der Waals surface area contributed by atoms with E-state index in [2.05, 4.69) is 49.9 Å². The highest BCUT2D eigenvalue weighted by atomic mass is 15.1. The van der Waals surface area contributed by atoms with E-state index in [0.717, 1.165) is 19.1 Å². The van der Waals surface area contributed by atoms with Crippen LogP contribution < -0.4 is 5.32 Å². The van der Waals surface area contributed by atoms with Gasteiger partial charge in [-0.2, -0.15) is 0 Å². The SMILES string of the molecule is Cn1cncc1Cn1ccc2c(CNC3CC3)cccc21. The van der Waals surface area contributed by atoms with Gasteiger partial charge in [-0.1, -0.05) is 12.1 Å². The van der Waals surface area contributed by atoms with E-state index in [-0.39, 0.29) is 0 Å². The molecule has 1 aromatic carbocycles. The number of nitrogens with zero attached hydrogens (tertiary/aromatic N) is 3. The number of imidazole rings is 1. The molecule has 1 aliphatic rings. The first-order valence-corrected chi connectivity index (χ1v) is 7.56. The monoisotopic (exact) mass is 280 g/mol. The van der Waals surface area contributed by atoms with Gasteiger partial charge in [0.25, 0.3) is 0 Å². The van der Waals surface area contributed by atoms with Crippen molar-refractivity contribution in [2.24, 2.45) is 7.05 Å². The highest BCUT2D eigenvalue weighted by Crippen LogP contribution is 2.23. The third kappa shape index (κ3) is 2.47. The molecule has 0 unspecified atom stereocenters. The number of aryl methyl sites for hydroxylation is 1. The van der Waals surface area contributed by atoms with Crippen molar-refractivity contribution in [2.75, 3.05) is 0 Å². The van der Waals surface area contributed by atoms with Gasteiger partial charge in [0, 0.05) is 42.9 Å². The van der Waals surface area contributed by atoms with Gasteiger partial charge in [0.1, 0.15) is 0 Å². The minimum Gasteiger partial charge on any atom is -0.341 e. The van der Waals surface area contributed by atoms with Crippen molar-refractivity contribution in [1.82, 2.24) is 19.4 Å². The molecule has 4 heteroatoms. The van der Waals surface area contributed by atoms with Gasteiger partial charge in [0.2, 0.25) is 0 Å². The molecule has 0 bridgehead atoms. The Morgan fingerprint density at radius 2 is 2.19 bits per heavy atom. The summed E-state index contributed by atoms with van der Waals surface area (Å²) >= 11 is 0. The lowest BCUT2D eigenvalue weighted by molar-refractivity contribution is 0.691. The summed E-state index contributed by atoms with van der Waals surface area (Å²) in [4.78, 5) is 4.20. The maximum Gasteiger partial charge on any atom is 0.0946 e. The van der Waals surface area contributed by atoms with E-state index in [1.54, 1.807) is 0 Å². The molecule has 108 valence electrons. The maximum absolute atomic E-state index is 4.20. The molecule has 0 aliphatic heterocycles. The average molecular weight is 280 g/mol. The Kier molecular flexibility index (Phi) is 3.04. The van der Waals surface area contributed by atoms with Gasteiger partial charge in [-0.15, -0.1) is 0 Å². The first kappa shape index (κ1) is 12.7. The molecule has 2 aromatic heterocycles. The van der Waals surface area contributed by atoms with Crippen molar-refractivity contribution < 1.29 is 0 Å². The zero-order valence-electron chi connectivity index (χ0n) is 12.3. The fourth-order valence-corrected chi connectivity index (χ4v) is 2.83. The minimum absolute atomic E-state index is 0.747. The van der Waals surface area contributed by atoms with Crippen molar-refractivity contribution in [2.45, 2.75) is 32.0 Å². The lowest BCUT2D eigenvalue weighted by Crippen LogP contribution is -2.15. The van der Waals surface area contributed by atoms with E-state index in [9.17, 15) is 0 Å². The highest BCUT2D eigenvalue weighted by Gasteiger charge is 2.20. The summed E-state index contributed by atoms with van der Waals surface area (Å²) in [6.07, 6.45) is 8.63. The van der Waals surface area contributed by atoms with Gasteiger partial charge in [-0.05, 0) is 30.5 Å². The molecule has 0 atom stereocenters. The van der Waals surface area contributed by atoms with Crippen LogP contribution in [0.4, 0.5) is 0 Å². The summed E-state index contributed by atoms with van der Waals surface area (Å²) in [5, 5.41) is 4.96. The van der Waals surface area contributed by atoms with Gasteiger partial charge >= 0.3 is 0 Å². The minimum atomic E-state index is 0.747. The Labute approximate surface area is 124 Å². The van der Waals surface area contributed by atoms with Crippen molar-refractivity contribution in [1.29, 1.82) is 0 Å². The summed E-state index contributed by atoms with van der Waals surface area (Å²) in [5.74, 6) is 0. The van der Waals surface area contributed by atoms with Crippen LogP contribution >= 0.6 is 0 Å². The summed E-state index contributed by atoms with van der Waals surface area (Å²) in [6.45, 7) is 1.83. The fraction of sp³-hybridized carbons (Fsp3) is 0.353. The molecule has 1 aliphatic carbocycles. The lowest BCUT2D eigenvalue weighted by Gasteiger charge is -2.08. The van der Waals surface area contributed by atoms with Gasteiger partial charge in [-0.3, -0.25) is 0 Å². The molecule has 3 aromatic rings. The van der Waals surface area contributed by atoms with Gasteiger partial charge in [0.05, 0.1) is 18.6 Å². The van der Waals surface area contributed by atoms with E-state index < -0.39 is 0 Å². The van der Waals surface area contributed by atoms with E-state index in [1.807, 2.05) is 19.6 Å². The number of nitrogens with one attached hydrogen (secondary N) is 1. The Bertz CT molecular complexity index is 764. The van der Waals surface area contributed by atoms with Crippen molar-refractivity contribution in [3.8, 4) is 0 Å². The maximum atomic E-state index is 4.20. The smallest absolute Gasteiger partial charge is 0.0946 e. The van der Waals surface area contributed by atoms with Crippen LogP contribution in [0.1, 0.15) is 24.1 Å². The molecule has 0 saturated heterocycles. The second kappa shape index (κ2) is 5.04. The summed E-state index contributed by atoms with van der Waals surface area (Å²) in [5.41, 5.74) is 3.91. The van der Waals surface area contributed by atoms with Crippen molar-refractivity contribution in [3.05, 3.63) is 54.2 Å². The Morgan fingerprint density at radius 3 is 2.95 bits per heavy atom. The largest absolute Gasteiger partial charge is 0.341 e. The molecule has 0 amide bonds. The molecular weight excluding hydrogens is 260 g/mol. The van der Waals surface area contributed by atoms with Crippen LogP contribution in [-0.2, 0) is 20.1 Å². The zero-order valence-corrected chi connectivity index (χ0v) is 12.3. The molecule has 0 radical (unpaired) electrons. The molecule has 21 heavy (non-hydrogen) atoms. The molecule has 4 nitrogen and oxygen atoms in total. The van der Waals surface area contributed by atoms with E-state index >= 15 is 0 Å². The number of aromatic nitrogens is 3. The van der Waals surface area contributed by atoms with Crippen LogP contribution in [0.25, 0.3) is 10.9 Å². The quantitative estimate of drug-likeness (QED) is 0.780. The second-order valence-corrected chi connectivity index (χ2v) is 5.94. The summed E-state index contributed by atoms with van der Waals surface area (Å²) in [7, 11) is 2.04. The number of fused-ring (bicyclic) bond motifs is 1. The normalized spacial score (nSPS) is 14.9. The van der Waals surface area contributed by atoms with Crippen LogP contribution in [0.5, 0.6) is 0 Å². The van der Waals surface area contributed by atoms with E-state index in [0.29, 0.717) is 0 Å². The molecular formula is C17H20N4. The third-order valence-corrected chi connectivity index (χ3v) is 4.31. The van der Waals surface area contributed by atoms with Crippen LogP contribution in [0.15, 0.2) is 43.0 Å². The number of hydrogen-bond donors (Lipinski definition) is 1. The van der Waals surface area contributed by atoms with Crippen LogP contribution in [0, 0.1) is 0 Å². The first-order chi connectivity index (χ1) is 10.3. The molecule has 4 rings (SSSR count). The molecule has 0 spiro atoms. The highest BCUT2D eigenvalue weighted by molar-refractivity contribution is 5.83. The molecule has 1 N–H and O–H groups in total. The average Bonchev–Trinajstić information content (AvgIpc) is 3.11. The number of benzene rings is 1. The lowest BCUT2D eigenvalue weighted by atomic mass is 10.1. The van der Waals surface area contributed by atoms with Crippen molar-refractivity contribution >= 4 is 10.9 Å². The molecule has 1 saturated carbocycles. The number of hydrogen-bond acceptors (Lipinski definition) is 2. The van der Waals surface area contributed by atoms with Gasteiger partial charge < -0.3 is 14.5 Å². The van der Waals surface area contributed by atoms with Crippen molar-refractivity contribution in [3.63, 3.8) is 0 Å². The van der Waals surface area contributed by atoms with Gasteiger partial charge in [0.15, 0.2) is 0 Å². The van der Waals surface area contributed by atoms with E-state index in [1.165, 1.54) is 35.0 Å². The van der Waals surface area contributed by atoms with Crippen LogP contribution in [0.3, 0.4) is 0 Å². The Morgan fingerprint density at radius 1 is 1.29 bits per heavy atom. The fourth-order valence-electron chi connectivity index (χ4n) is 2.83. The topological polar surface area (TPSA) is 34.8 Å². The first-order valence-electron chi connectivity index (χ1n) is 7.56. The van der Waals surface area contributed by atoms with Gasteiger partial charge in [-0.25, -0.2) is 4.98 Å². The van der Waals surface area contributed by atoms with E-state index in [4.69, 9.17) is 0 Å². The Hall–Kier alpha value is -2.07. The number of rotatable bonds is 5. The molecule has 1 fully saturated rings. The zero-order chi connectivity index (χ0) is 14.2. The van der Waals surface area contributed by atoms with Crippen LogP contribution in [-0.4, -0.2) is 20.2 Å². The predicted octanol–water partition coefficient (Wildman–Crippen LogP) is 2.68. The molecule has 2 heterocycles. The Balaban J connectivity index is 1.64. The summed E-state index contributed by atoms with van der Waals surface area (Å²) < 4.78 is 4.37. The standard InChI is InChI=1S/C17H20N4/c1-20-12-18-10-15(20)11-21-8-7-16-13(3-2-4-17(16)21)9-19-14-5-6-14/h2-4,7-8,10,12,14,19H,5-6,9,11H2,1H3. The van der Waals surface area contributed by atoms with Crippen LogP contribution in [0.2, 0.25) is 0 Å². The second-order valence-electron chi connectivity index (χ2n) is 5.94. The summed E-state index contributed by atoms with van der Waals surface area (Å²) in [6, 6.07) is 9.57. The predicted molar refractivity (Wildman–Crippen MR) is 84.1 cm³/mol. The third-order valence-electron chi connectivity index (χ3n) is 4.31.